The number of urea groups is 1. The number of alkyl halides is 3. The Labute approximate surface area is 142 Å². The first-order valence-electron chi connectivity index (χ1n) is 7.11. The molecule has 0 aliphatic rings. The minimum Gasteiger partial charge on any atom is -0.352 e. The maximum Gasteiger partial charge on any atom is 0.416 e. The molecule has 0 fully saturated rings. The molecule has 0 saturated carbocycles. The summed E-state index contributed by atoms with van der Waals surface area (Å²) in [6.07, 6.45) is -2.31. The van der Waals surface area contributed by atoms with Gasteiger partial charge in [0.15, 0.2) is 0 Å². The zero-order chi connectivity index (χ0) is 18.3. The molecule has 1 aromatic rings. The number of halogens is 3. The summed E-state index contributed by atoms with van der Waals surface area (Å²) in [5, 5.41) is 2.34. The second kappa shape index (κ2) is 8.81. The van der Waals surface area contributed by atoms with Crippen LogP contribution in [0.4, 0.5) is 18.0 Å². The van der Waals surface area contributed by atoms with Crippen LogP contribution in [0.2, 0.25) is 0 Å². The SMILES string of the molecule is CSCCC(NC(N)=O)C(=O)N(C)Cc1ccccc1C(F)(F)F. The molecule has 5 nitrogen and oxygen atoms in total. The molecular weight excluding hydrogens is 343 g/mol. The van der Waals surface area contributed by atoms with Crippen molar-refractivity contribution in [3.05, 3.63) is 35.4 Å². The molecule has 0 bridgehead atoms. The van der Waals surface area contributed by atoms with Crippen LogP contribution in [0, 0.1) is 0 Å². The fourth-order valence-electron chi connectivity index (χ4n) is 2.20. The molecule has 0 spiro atoms. The highest BCUT2D eigenvalue weighted by Crippen LogP contribution is 2.32. The molecular formula is C15H20F3N3O2S. The van der Waals surface area contributed by atoms with E-state index in [0.717, 1.165) is 11.0 Å². The van der Waals surface area contributed by atoms with Gasteiger partial charge in [0.05, 0.1) is 5.56 Å². The zero-order valence-electron chi connectivity index (χ0n) is 13.4. The summed E-state index contributed by atoms with van der Waals surface area (Å²) in [5.41, 5.74) is 4.27. The number of carbonyl (C=O) groups excluding carboxylic acids is 2. The van der Waals surface area contributed by atoms with Gasteiger partial charge in [-0.05, 0) is 30.1 Å². The van der Waals surface area contributed by atoms with Crippen LogP contribution in [-0.2, 0) is 17.5 Å². The van der Waals surface area contributed by atoms with Gasteiger partial charge in [-0.1, -0.05) is 18.2 Å². The lowest BCUT2D eigenvalue weighted by atomic mass is 10.1. The second-order valence-electron chi connectivity index (χ2n) is 5.19. The second-order valence-corrected chi connectivity index (χ2v) is 6.18. The summed E-state index contributed by atoms with van der Waals surface area (Å²) in [6, 6.07) is 3.36. The molecule has 0 aliphatic carbocycles. The molecule has 0 aliphatic heterocycles. The number of nitrogens with zero attached hydrogens (tertiary/aromatic N) is 1. The number of nitrogens with one attached hydrogen (secondary N) is 1. The van der Waals surface area contributed by atoms with Crippen LogP contribution in [0.15, 0.2) is 24.3 Å². The standard InChI is InChI=1S/C15H20F3N3O2S/c1-21(13(22)12(7-8-24-2)20-14(19)23)9-10-5-3-4-6-11(10)15(16,17)18/h3-6,12H,7-9H2,1-2H3,(H3,19,20,23). The number of nitrogens with two attached hydrogens (primary N) is 1. The Hall–Kier alpha value is -1.90. The molecule has 24 heavy (non-hydrogen) atoms. The number of rotatable bonds is 7. The summed E-state index contributed by atoms with van der Waals surface area (Å²) >= 11 is 1.48. The van der Waals surface area contributed by atoms with Crippen LogP contribution in [-0.4, -0.2) is 41.9 Å². The Balaban J connectivity index is 2.91. The first-order chi connectivity index (χ1) is 11.2. The smallest absolute Gasteiger partial charge is 0.352 e. The van der Waals surface area contributed by atoms with Crippen molar-refractivity contribution >= 4 is 23.7 Å². The Morgan fingerprint density at radius 3 is 2.50 bits per heavy atom. The van der Waals surface area contributed by atoms with Crippen molar-refractivity contribution < 1.29 is 22.8 Å². The van der Waals surface area contributed by atoms with E-state index in [1.165, 1.54) is 37.0 Å². The molecule has 1 atom stereocenters. The summed E-state index contributed by atoms with van der Waals surface area (Å²) < 4.78 is 39.1. The quantitative estimate of drug-likeness (QED) is 0.781. The van der Waals surface area contributed by atoms with Crippen molar-refractivity contribution in [3.63, 3.8) is 0 Å². The van der Waals surface area contributed by atoms with E-state index in [1.807, 2.05) is 6.26 Å². The van der Waals surface area contributed by atoms with Crippen LogP contribution >= 0.6 is 11.8 Å². The monoisotopic (exact) mass is 363 g/mol. The van der Waals surface area contributed by atoms with E-state index in [0.29, 0.717) is 12.2 Å². The number of carbonyl (C=O) groups is 2. The highest BCUT2D eigenvalue weighted by molar-refractivity contribution is 7.98. The van der Waals surface area contributed by atoms with Crippen LogP contribution in [0.1, 0.15) is 17.5 Å². The number of amides is 3. The van der Waals surface area contributed by atoms with E-state index < -0.39 is 29.7 Å². The number of primary amides is 1. The van der Waals surface area contributed by atoms with Gasteiger partial charge in [0.1, 0.15) is 6.04 Å². The van der Waals surface area contributed by atoms with E-state index in [2.05, 4.69) is 5.32 Å². The van der Waals surface area contributed by atoms with Crippen molar-refractivity contribution in [1.82, 2.24) is 10.2 Å². The molecule has 1 unspecified atom stereocenters. The van der Waals surface area contributed by atoms with Gasteiger partial charge in [-0.25, -0.2) is 4.79 Å². The van der Waals surface area contributed by atoms with Gasteiger partial charge in [-0.3, -0.25) is 4.79 Å². The Morgan fingerprint density at radius 2 is 1.96 bits per heavy atom. The minimum atomic E-state index is -4.50. The van der Waals surface area contributed by atoms with E-state index >= 15 is 0 Å². The predicted molar refractivity (Wildman–Crippen MR) is 87.4 cm³/mol. The van der Waals surface area contributed by atoms with Gasteiger partial charge in [0.25, 0.3) is 0 Å². The lowest BCUT2D eigenvalue weighted by Gasteiger charge is -2.25. The summed E-state index contributed by atoms with van der Waals surface area (Å²) in [6.45, 7) is -0.218. The van der Waals surface area contributed by atoms with Crippen molar-refractivity contribution in [1.29, 1.82) is 0 Å². The summed E-state index contributed by atoms with van der Waals surface area (Å²) in [4.78, 5) is 24.6. The Morgan fingerprint density at radius 1 is 1.33 bits per heavy atom. The van der Waals surface area contributed by atoms with Crippen LogP contribution in [0.5, 0.6) is 0 Å². The van der Waals surface area contributed by atoms with Crippen LogP contribution in [0.25, 0.3) is 0 Å². The molecule has 0 radical (unpaired) electrons. The van der Waals surface area contributed by atoms with E-state index in [1.54, 1.807) is 0 Å². The van der Waals surface area contributed by atoms with E-state index in [9.17, 15) is 22.8 Å². The lowest BCUT2D eigenvalue weighted by Crippen LogP contribution is -2.49. The predicted octanol–water partition coefficient (Wildman–Crippen LogP) is 2.45. The zero-order valence-corrected chi connectivity index (χ0v) is 14.2. The van der Waals surface area contributed by atoms with E-state index in [-0.39, 0.29) is 12.1 Å². The fraction of sp³-hybridized carbons (Fsp3) is 0.467. The normalized spacial score (nSPS) is 12.5. The first-order valence-corrected chi connectivity index (χ1v) is 8.51. The van der Waals surface area contributed by atoms with Crippen LogP contribution < -0.4 is 11.1 Å². The third-order valence-electron chi connectivity index (χ3n) is 3.33. The molecule has 1 aromatic carbocycles. The maximum atomic E-state index is 13.0. The Bertz CT molecular complexity index is 581. The van der Waals surface area contributed by atoms with Crippen LogP contribution in [0.3, 0.4) is 0 Å². The summed E-state index contributed by atoms with van der Waals surface area (Å²) in [5.74, 6) is 0.115. The highest BCUT2D eigenvalue weighted by Gasteiger charge is 2.33. The van der Waals surface area contributed by atoms with Gasteiger partial charge in [0.2, 0.25) is 5.91 Å². The number of benzene rings is 1. The fourth-order valence-corrected chi connectivity index (χ4v) is 2.67. The minimum absolute atomic E-state index is 0.0106. The molecule has 1 rings (SSSR count). The molecule has 3 amide bonds. The number of hydrogen-bond acceptors (Lipinski definition) is 3. The molecule has 9 heteroatoms. The molecule has 0 aromatic heterocycles. The molecule has 134 valence electrons. The van der Waals surface area contributed by atoms with Gasteiger partial charge >= 0.3 is 12.2 Å². The van der Waals surface area contributed by atoms with Gasteiger partial charge in [-0.15, -0.1) is 0 Å². The average Bonchev–Trinajstić information content (AvgIpc) is 2.49. The lowest BCUT2D eigenvalue weighted by molar-refractivity contribution is -0.139. The van der Waals surface area contributed by atoms with Crippen molar-refractivity contribution in [2.24, 2.45) is 5.73 Å². The average molecular weight is 363 g/mol. The molecule has 3 N–H and O–H groups in total. The van der Waals surface area contributed by atoms with Crippen molar-refractivity contribution in [3.8, 4) is 0 Å². The topological polar surface area (TPSA) is 75.4 Å². The molecule has 0 heterocycles. The number of likely N-dealkylation sites (N-methyl/N-ethyl adjacent to an activating group) is 1. The van der Waals surface area contributed by atoms with Crippen molar-refractivity contribution in [2.75, 3.05) is 19.1 Å². The van der Waals surface area contributed by atoms with Crippen molar-refractivity contribution in [2.45, 2.75) is 25.2 Å². The van der Waals surface area contributed by atoms with E-state index in [4.69, 9.17) is 5.73 Å². The number of thioether (sulfide) groups is 1. The first kappa shape index (κ1) is 20.1. The highest BCUT2D eigenvalue weighted by atomic mass is 32.2. The third kappa shape index (κ3) is 5.95. The maximum absolute atomic E-state index is 13.0. The largest absolute Gasteiger partial charge is 0.416 e. The van der Waals surface area contributed by atoms with Gasteiger partial charge < -0.3 is 16.0 Å². The van der Waals surface area contributed by atoms with Gasteiger partial charge in [0, 0.05) is 13.6 Å². The van der Waals surface area contributed by atoms with Gasteiger partial charge in [-0.2, -0.15) is 24.9 Å². The number of hydrogen-bond donors (Lipinski definition) is 2. The third-order valence-corrected chi connectivity index (χ3v) is 3.98. The molecule has 0 saturated heterocycles. The Kier molecular flexibility index (Phi) is 7.40. The summed E-state index contributed by atoms with van der Waals surface area (Å²) in [7, 11) is 1.39.